The summed E-state index contributed by atoms with van der Waals surface area (Å²) >= 11 is 0. The molecule has 0 N–H and O–H groups in total. The molecule has 2 fully saturated rings. The third kappa shape index (κ3) is 2.43. The van der Waals surface area contributed by atoms with E-state index in [0.717, 1.165) is 6.41 Å². The van der Waals surface area contributed by atoms with Crippen molar-refractivity contribution >= 4 is 12.5 Å². The highest BCUT2D eigenvalue weighted by Gasteiger charge is 2.52. The lowest BCUT2D eigenvalue weighted by molar-refractivity contribution is -0.151. The minimum absolute atomic E-state index is 0.323. The lowest BCUT2D eigenvalue weighted by Crippen LogP contribution is -2.75. The summed E-state index contributed by atoms with van der Waals surface area (Å²) < 4.78 is 10.8. The molecule has 2 heterocycles. The van der Waals surface area contributed by atoms with Gasteiger partial charge in [0.15, 0.2) is 0 Å². The van der Waals surface area contributed by atoms with Crippen molar-refractivity contribution in [2.45, 2.75) is 31.9 Å². The van der Waals surface area contributed by atoms with Crippen molar-refractivity contribution in [2.24, 2.45) is 0 Å². The van der Waals surface area contributed by atoms with E-state index < -0.39 is 5.60 Å². The summed E-state index contributed by atoms with van der Waals surface area (Å²) in [7, 11) is 0. The Bertz CT molecular complexity index is 344. The minimum atomic E-state index is -0.509. The van der Waals surface area contributed by atoms with Crippen LogP contribution in [0, 0.1) is 0 Å². The molecular weight excluding hydrogens is 236 g/mol. The molecule has 0 aromatic heterocycles. The van der Waals surface area contributed by atoms with Gasteiger partial charge in [0.05, 0.1) is 13.2 Å². The highest BCUT2D eigenvalue weighted by molar-refractivity contribution is 5.70. The largest absolute Gasteiger partial charge is 0.444 e. The van der Waals surface area contributed by atoms with Crippen molar-refractivity contribution in [3.63, 3.8) is 0 Å². The fourth-order valence-corrected chi connectivity index (χ4v) is 2.38. The van der Waals surface area contributed by atoms with E-state index in [-0.39, 0.29) is 11.6 Å². The molecule has 1 spiro atoms. The predicted octanol–water partition coefficient (Wildman–Crippen LogP) is 0.464. The van der Waals surface area contributed by atoms with Crippen LogP contribution >= 0.6 is 0 Å². The number of carbonyl (C=O) groups is 2. The molecule has 2 rings (SSSR count). The lowest BCUT2D eigenvalue weighted by Gasteiger charge is -2.55. The van der Waals surface area contributed by atoms with Gasteiger partial charge in [-0.3, -0.25) is 9.69 Å². The monoisotopic (exact) mass is 256 g/mol. The molecule has 0 saturated carbocycles. The fourth-order valence-electron chi connectivity index (χ4n) is 2.38. The van der Waals surface area contributed by atoms with Gasteiger partial charge in [0.1, 0.15) is 11.1 Å². The van der Waals surface area contributed by atoms with Gasteiger partial charge in [-0.2, -0.15) is 0 Å². The highest BCUT2D eigenvalue weighted by atomic mass is 16.6. The number of rotatable bonds is 1. The first-order valence-electron chi connectivity index (χ1n) is 6.14. The van der Waals surface area contributed by atoms with Gasteiger partial charge in [-0.1, -0.05) is 0 Å². The van der Waals surface area contributed by atoms with Crippen LogP contribution in [0.1, 0.15) is 20.8 Å². The smallest absolute Gasteiger partial charge is 0.411 e. The molecule has 0 unspecified atom stereocenters. The maximum absolute atomic E-state index is 12.2. The molecule has 2 amide bonds. The third-order valence-electron chi connectivity index (χ3n) is 3.16. The first-order valence-corrected chi connectivity index (χ1v) is 6.14. The molecule has 2 saturated heterocycles. The van der Waals surface area contributed by atoms with Crippen LogP contribution in [0.5, 0.6) is 0 Å². The number of nitrogens with zero attached hydrogens (tertiary/aromatic N) is 2. The molecule has 2 aliphatic rings. The summed E-state index contributed by atoms with van der Waals surface area (Å²) in [5.74, 6) is 0. The second-order valence-electron chi connectivity index (χ2n) is 5.92. The Labute approximate surface area is 107 Å². The Morgan fingerprint density at radius 1 is 1.39 bits per heavy atom. The molecule has 0 bridgehead atoms. The normalized spacial score (nSPS) is 22.6. The van der Waals surface area contributed by atoms with Crippen LogP contribution in [0.3, 0.4) is 0 Å². The van der Waals surface area contributed by atoms with Gasteiger partial charge in [0.2, 0.25) is 6.41 Å². The summed E-state index contributed by atoms with van der Waals surface area (Å²) in [5, 5.41) is 0. The van der Waals surface area contributed by atoms with Crippen LogP contribution in [-0.4, -0.2) is 66.3 Å². The number of morpholine rings is 1. The molecule has 6 heteroatoms. The van der Waals surface area contributed by atoms with Crippen LogP contribution in [0.2, 0.25) is 0 Å². The zero-order chi connectivity index (χ0) is 13.4. The van der Waals surface area contributed by atoms with E-state index >= 15 is 0 Å². The Kier molecular flexibility index (Phi) is 3.23. The Hall–Kier alpha value is -1.30. The summed E-state index contributed by atoms with van der Waals surface area (Å²) in [6.45, 7) is 8.08. The number of hydrogen-bond acceptors (Lipinski definition) is 4. The first-order chi connectivity index (χ1) is 8.36. The molecule has 6 nitrogen and oxygen atoms in total. The SMILES string of the molecule is CC(C)(C)OC(=O)N1CCOCC12CN(C=O)C2. The van der Waals surface area contributed by atoms with Gasteiger partial charge in [0, 0.05) is 19.6 Å². The Morgan fingerprint density at radius 3 is 2.61 bits per heavy atom. The molecule has 0 aliphatic carbocycles. The molecule has 0 radical (unpaired) electrons. The number of ether oxygens (including phenoxy) is 2. The number of hydrogen-bond donors (Lipinski definition) is 0. The maximum Gasteiger partial charge on any atom is 0.411 e. The van der Waals surface area contributed by atoms with Crippen molar-refractivity contribution in [1.82, 2.24) is 9.80 Å². The molecule has 0 aromatic carbocycles. The summed E-state index contributed by atoms with van der Waals surface area (Å²) in [6, 6.07) is 0. The van der Waals surface area contributed by atoms with Crippen LogP contribution in [-0.2, 0) is 14.3 Å². The van der Waals surface area contributed by atoms with E-state index in [1.165, 1.54) is 0 Å². The lowest BCUT2D eigenvalue weighted by atomic mass is 9.88. The van der Waals surface area contributed by atoms with E-state index in [2.05, 4.69) is 0 Å². The topological polar surface area (TPSA) is 59.1 Å². The molecule has 102 valence electrons. The molecule has 0 atom stereocenters. The molecular formula is C12H20N2O4. The second kappa shape index (κ2) is 4.42. The third-order valence-corrected chi connectivity index (χ3v) is 3.16. The van der Waals surface area contributed by atoms with Crippen LogP contribution in [0.25, 0.3) is 0 Å². The number of amides is 2. The van der Waals surface area contributed by atoms with Crippen LogP contribution in [0.15, 0.2) is 0 Å². The zero-order valence-electron chi connectivity index (χ0n) is 11.1. The number of likely N-dealkylation sites (tertiary alicyclic amines) is 1. The van der Waals surface area contributed by atoms with E-state index in [0.29, 0.717) is 32.8 Å². The molecule has 18 heavy (non-hydrogen) atoms. The van der Waals surface area contributed by atoms with Crippen molar-refractivity contribution < 1.29 is 19.1 Å². The van der Waals surface area contributed by atoms with E-state index in [1.54, 1.807) is 9.80 Å². The van der Waals surface area contributed by atoms with E-state index in [4.69, 9.17) is 9.47 Å². The quantitative estimate of drug-likeness (QED) is 0.640. The van der Waals surface area contributed by atoms with Gasteiger partial charge in [-0.15, -0.1) is 0 Å². The predicted molar refractivity (Wildman–Crippen MR) is 64.1 cm³/mol. The van der Waals surface area contributed by atoms with Crippen LogP contribution in [0.4, 0.5) is 4.79 Å². The van der Waals surface area contributed by atoms with Gasteiger partial charge in [0.25, 0.3) is 0 Å². The van der Waals surface area contributed by atoms with Gasteiger partial charge in [-0.25, -0.2) is 4.79 Å². The zero-order valence-corrected chi connectivity index (χ0v) is 11.1. The minimum Gasteiger partial charge on any atom is -0.444 e. The van der Waals surface area contributed by atoms with Crippen molar-refractivity contribution in [2.75, 3.05) is 32.8 Å². The standard InChI is InChI=1S/C12H20N2O4/c1-11(2,3)18-10(16)14-4-5-17-8-12(14)6-13(7-12)9-15/h9H,4-8H2,1-3H3. The summed E-state index contributed by atoms with van der Waals surface area (Å²) in [6.07, 6.45) is 0.476. The molecule has 0 aromatic rings. The average molecular weight is 256 g/mol. The van der Waals surface area contributed by atoms with Crippen molar-refractivity contribution in [1.29, 1.82) is 0 Å². The van der Waals surface area contributed by atoms with Gasteiger partial charge < -0.3 is 14.4 Å². The van der Waals surface area contributed by atoms with E-state index in [1.807, 2.05) is 20.8 Å². The van der Waals surface area contributed by atoms with Gasteiger partial charge in [-0.05, 0) is 20.8 Å². The van der Waals surface area contributed by atoms with Crippen molar-refractivity contribution in [3.05, 3.63) is 0 Å². The summed E-state index contributed by atoms with van der Waals surface area (Å²) in [4.78, 5) is 26.2. The van der Waals surface area contributed by atoms with Crippen molar-refractivity contribution in [3.8, 4) is 0 Å². The number of carbonyl (C=O) groups excluding carboxylic acids is 2. The van der Waals surface area contributed by atoms with E-state index in [9.17, 15) is 9.59 Å². The van der Waals surface area contributed by atoms with Gasteiger partial charge >= 0.3 is 6.09 Å². The van der Waals surface area contributed by atoms with Crippen LogP contribution < -0.4 is 0 Å². The fraction of sp³-hybridized carbons (Fsp3) is 0.833. The first kappa shape index (κ1) is 13.1. The Morgan fingerprint density at radius 2 is 2.06 bits per heavy atom. The Balaban J connectivity index is 2.05. The maximum atomic E-state index is 12.2. The highest BCUT2D eigenvalue weighted by Crippen LogP contribution is 2.31. The second-order valence-corrected chi connectivity index (χ2v) is 5.92. The summed E-state index contributed by atoms with van der Waals surface area (Å²) in [5.41, 5.74) is -0.897. The average Bonchev–Trinajstić information content (AvgIpc) is 2.23. The molecule has 2 aliphatic heterocycles.